The summed E-state index contributed by atoms with van der Waals surface area (Å²) in [5.74, 6) is 0. The lowest BCUT2D eigenvalue weighted by atomic mass is 9.98. The van der Waals surface area contributed by atoms with Gasteiger partial charge in [-0.05, 0) is 59.7 Å². The number of hydrogen-bond acceptors (Lipinski definition) is 2. The van der Waals surface area contributed by atoms with E-state index in [-0.39, 0.29) is 0 Å². The predicted molar refractivity (Wildman–Crippen MR) is 176 cm³/mol. The quantitative estimate of drug-likeness (QED) is 0.202. The first-order valence-corrected chi connectivity index (χ1v) is 14.2. The third kappa shape index (κ3) is 3.56. The molecule has 0 bridgehead atoms. The topological polar surface area (TPSA) is 61.8 Å². The van der Waals surface area contributed by atoms with Crippen LogP contribution in [0.25, 0.3) is 71.0 Å². The molecule has 0 amide bonds. The van der Waals surface area contributed by atoms with Crippen LogP contribution >= 0.6 is 0 Å². The number of fused-ring (bicyclic) bond motifs is 6. The third-order valence-corrected chi connectivity index (χ3v) is 8.41. The molecule has 0 aliphatic carbocycles. The lowest BCUT2D eigenvalue weighted by molar-refractivity contribution is 1.17. The highest BCUT2D eigenvalue weighted by Gasteiger charge is 2.20. The second kappa shape index (κ2) is 9.74. The Morgan fingerprint density at radius 1 is 0.545 bits per heavy atom. The number of para-hydroxylation sites is 3. The summed E-state index contributed by atoms with van der Waals surface area (Å²) in [6, 6.07) is 46.8. The normalized spacial score (nSPS) is 11.1. The van der Waals surface area contributed by atoms with Crippen LogP contribution in [-0.2, 0) is 0 Å². The summed E-state index contributed by atoms with van der Waals surface area (Å²) in [5, 5.41) is 23.9. The molecule has 8 rings (SSSR count). The van der Waals surface area contributed by atoms with Crippen LogP contribution in [0.15, 0.2) is 127 Å². The molecule has 0 atom stereocenters. The maximum absolute atomic E-state index is 9.89. The Labute approximate surface area is 253 Å². The number of hydrogen-bond donors (Lipinski definition) is 0. The molecule has 0 aliphatic rings. The Bertz CT molecular complexity index is 2600. The number of nitrogens with zero attached hydrogens (tertiary/aromatic N) is 5. The van der Waals surface area contributed by atoms with Gasteiger partial charge in [0.1, 0.15) is 6.07 Å². The Morgan fingerprint density at radius 3 is 2.02 bits per heavy atom. The maximum Gasteiger partial charge on any atom is 0.210 e. The summed E-state index contributed by atoms with van der Waals surface area (Å²) < 4.78 is 4.28. The molecule has 0 fully saturated rings. The number of aromatic nitrogens is 2. The van der Waals surface area contributed by atoms with Crippen LogP contribution in [0, 0.1) is 29.2 Å². The molecule has 0 saturated carbocycles. The molecule has 0 saturated heterocycles. The minimum Gasteiger partial charge on any atom is -0.319 e. The Balaban J connectivity index is 1.44. The van der Waals surface area contributed by atoms with Crippen molar-refractivity contribution in [1.82, 2.24) is 9.13 Å². The number of benzene rings is 6. The van der Waals surface area contributed by atoms with E-state index in [0.29, 0.717) is 22.5 Å². The molecule has 202 valence electrons. The van der Waals surface area contributed by atoms with E-state index in [1.807, 2.05) is 48.5 Å². The standard InChI is InChI=1S/C39H21N5/c1-42-32-19-17-25(23-40)21-38(32)44-35-15-7-4-11-30(35)39-28(12-8-16-37(39)44)26-18-20-36-31(22-26)29-10-3-6-14-34(29)43(36)33-13-5-2-9-27(33)24-41/h2-22H. The van der Waals surface area contributed by atoms with E-state index in [1.165, 1.54) is 0 Å². The second-order valence-corrected chi connectivity index (χ2v) is 10.7. The maximum atomic E-state index is 9.89. The number of rotatable bonds is 3. The van der Waals surface area contributed by atoms with E-state index in [2.05, 4.69) is 86.8 Å². The zero-order valence-corrected chi connectivity index (χ0v) is 23.4. The van der Waals surface area contributed by atoms with Gasteiger partial charge in [-0.15, -0.1) is 0 Å². The van der Waals surface area contributed by atoms with Crippen molar-refractivity contribution in [2.75, 3.05) is 0 Å². The van der Waals surface area contributed by atoms with Crippen LogP contribution in [0.4, 0.5) is 5.69 Å². The van der Waals surface area contributed by atoms with E-state index in [0.717, 1.165) is 60.4 Å². The van der Waals surface area contributed by atoms with Gasteiger partial charge in [-0.25, -0.2) is 4.85 Å². The van der Waals surface area contributed by atoms with Crippen molar-refractivity contribution >= 4 is 49.3 Å². The van der Waals surface area contributed by atoms with Gasteiger partial charge in [-0.3, -0.25) is 0 Å². The average molecular weight is 560 g/mol. The first-order chi connectivity index (χ1) is 21.7. The fraction of sp³-hybridized carbons (Fsp3) is 0. The highest BCUT2D eigenvalue weighted by atomic mass is 15.0. The van der Waals surface area contributed by atoms with E-state index >= 15 is 0 Å². The van der Waals surface area contributed by atoms with Gasteiger partial charge >= 0.3 is 0 Å². The Kier molecular flexibility index (Phi) is 5.56. The van der Waals surface area contributed by atoms with E-state index in [4.69, 9.17) is 6.57 Å². The zero-order valence-electron chi connectivity index (χ0n) is 23.4. The molecule has 5 heteroatoms. The third-order valence-electron chi connectivity index (χ3n) is 8.41. The van der Waals surface area contributed by atoms with Crippen LogP contribution in [0.3, 0.4) is 0 Å². The molecule has 6 aromatic carbocycles. The minimum atomic E-state index is 0.490. The van der Waals surface area contributed by atoms with Gasteiger partial charge < -0.3 is 9.13 Å². The van der Waals surface area contributed by atoms with Gasteiger partial charge in [-0.1, -0.05) is 78.9 Å². The van der Waals surface area contributed by atoms with Crippen LogP contribution in [0.1, 0.15) is 11.1 Å². The lowest BCUT2D eigenvalue weighted by Gasteiger charge is -2.12. The van der Waals surface area contributed by atoms with Gasteiger partial charge in [-0.2, -0.15) is 10.5 Å². The zero-order chi connectivity index (χ0) is 29.8. The minimum absolute atomic E-state index is 0.490. The van der Waals surface area contributed by atoms with Crippen molar-refractivity contribution in [3.05, 3.63) is 150 Å². The summed E-state index contributed by atoms with van der Waals surface area (Å²) in [6.07, 6.45) is 0. The molecule has 0 spiro atoms. The monoisotopic (exact) mass is 559 g/mol. The molecule has 0 aliphatic heterocycles. The van der Waals surface area contributed by atoms with Crippen molar-refractivity contribution < 1.29 is 0 Å². The van der Waals surface area contributed by atoms with Gasteiger partial charge in [0.2, 0.25) is 5.69 Å². The molecule has 8 aromatic rings. The van der Waals surface area contributed by atoms with Gasteiger partial charge in [0.25, 0.3) is 0 Å². The van der Waals surface area contributed by atoms with E-state index in [9.17, 15) is 10.5 Å². The lowest BCUT2D eigenvalue weighted by Crippen LogP contribution is -1.97. The van der Waals surface area contributed by atoms with Gasteiger partial charge in [0.15, 0.2) is 0 Å². The Hall–Kier alpha value is -6.61. The first kappa shape index (κ1) is 25.1. The van der Waals surface area contributed by atoms with E-state index < -0.39 is 0 Å². The van der Waals surface area contributed by atoms with E-state index in [1.54, 1.807) is 18.2 Å². The van der Waals surface area contributed by atoms with Crippen LogP contribution in [0.2, 0.25) is 0 Å². The summed E-state index contributed by atoms with van der Waals surface area (Å²) in [7, 11) is 0. The molecular weight excluding hydrogens is 538 g/mol. The van der Waals surface area contributed by atoms with Crippen molar-refractivity contribution in [2.24, 2.45) is 0 Å². The second-order valence-electron chi connectivity index (χ2n) is 10.7. The average Bonchev–Trinajstić information content (AvgIpc) is 3.60. The summed E-state index contributed by atoms with van der Waals surface area (Å²) in [6.45, 7) is 7.85. The summed E-state index contributed by atoms with van der Waals surface area (Å²) >= 11 is 0. The van der Waals surface area contributed by atoms with Crippen LogP contribution in [-0.4, -0.2) is 9.13 Å². The first-order valence-electron chi connectivity index (χ1n) is 14.2. The van der Waals surface area contributed by atoms with Crippen molar-refractivity contribution in [2.45, 2.75) is 0 Å². The smallest absolute Gasteiger partial charge is 0.210 e. The molecular formula is C39H21N5. The molecule has 0 unspecified atom stereocenters. The molecule has 2 aromatic heterocycles. The molecule has 0 N–H and O–H groups in total. The fourth-order valence-electron chi connectivity index (χ4n) is 6.55. The van der Waals surface area contributed by atoms with Crippen molar-refractivity contribution in [3.8, 4) is 34.6 Å². The Morgan fingerprint density at radius 2 is 1.23 bits per heavy atom. The van der Waals surface area contributed by atoms with Crippen molar-refractivity contribution in [3.63, 3.8) is 0 Å². The predicted octanol–water partition coefficient (Wildman–Crippen LogP) is 9.84. The fourth-order valence-corrected chi connectivity index (χ4v) is 6.55. The van der Waals surface area contributed by atoms with Gasteiger partial charge in [0, 0.05) is 21.5 Å². The summed E-state index contributed by atoms with van der Waals surface area (Å²) in [4.78, 5) is 3.80. The molecule has 5 nitrogen and oxygen atoms in total. The SMILES string of the molecule is [C-]#[N+]c1ccc(C#N)cc1-n1c2ccccc2c2c(-c3ccc4c(c3)c3ccccc3n4-c3ccccc3C#N)cccc21. The molecule has 0 radical (unpaired) electrons. The number of nitriles is 2. The van der Waals surface area contributed by atoms with Crippen LogP contribution in [0.5, 0.6) is 0 Å². The van der Waals surface area contributed by atoms with Crippen molar-refractivity contribution in [1.29, 1.82) is 10.5 Å². The highest BCUT2D eigenvalue weighted by molar-refractivity contribution is 6.17. The summed E-state index contributed by atoms with van der Waals surface area (Å²) in [5.41, 5.74) is 9.33. The van der Waals surface area contributed by atoms with Crippen LogP contribution < -0.4 is 0 Å². The largest absolute Gasteiger partial charge is 0.319 e. The highest BCUT2D eigenvalue weighted by Crippen LogP contribution is 2.42. The van der Waals surface area contributed by atoms with Gasteiger partial charge in [0.05, 0.1) is 57.2 Å². The molecule has 44 heavy (non-hydrogen) atoms. The molecule has 2 heterocycles.